The maximum Gasteiger partial charge on any atom is 0.137 e. The maximum atomic E-state index is 10.3. The Labute approximate surface area is 128 Å². The molecule has 0 aromatic heterocycles. The van der Waals surface area contributed by atoms with Crippen LogP contribution in [-0.2, 0) is 6.42 Å². The Hall–Kier alpha value is -1.06. The standard InChI is InChI=1S/C18H29NO2/c1-4-16-8-10-18(11-9-16)21-13-17(20)12-19-14(2)6-5-7-15(19)3/h8-11,14-15,17,20H,4-7,12-13H2,1-3H3/p+1/t14-,15+,17-/m1/s1. The molecule has 3 heteroatoms. The molecule has 21 heavy (non-hydrogen) atoms. The number of likely N-dealkylation sites (tertiary alicyclic amines) is 1. The highest BCUT2D eigenvalue weighted by Gasteiger charge is 2.30. The average molecular weight is 292 g/mol. The summed E-state index contributed by atoms with van der Waals surface area (Å²) in [6.07, 6.45) is 4.50. The average Bonchev–Trinajstić information content (AvgIpc) is 2.49. The molecule has 1 aliphatic rings. The molecule has 0 radical (unpaired) electrons. The van der Waals surface area contributed by atoms with Crippen LogP contribution < -0.4 is 9.64 Å². The van der Waals surface area contributed by atoms with Crippen LogP contribution in [0, 0.1) is 0 Å². The molecule has 4 atom stereocenters. The second kappa shape index (κ2) is 7.81. The van der Waals surface area contributed by atoms with Crippen molar-refractivity contribution in [2.24, 2.45) is 0 Å². The number of quaternary nitrogens is 1. The molecule has 0 bridgehead atoms. The first kappa shape index (κ1) is 16.3. The van der Waals surface area contributed by atoms with Gasteiger partial charge in [0.25, 0.3) is 0 Å². The van der Waals surface area contributed by atoms with Crippen molar-refractivity contribution in [2.45, 2.75) is 64.6 Å². The minimum absolute atomic E-state index is 0.383. The molecule has 1 aliphatic heterocycles. The first-order chi connectivity index (χ1) is 10.1. The Balaban J connectivity index is 1.79. The van der Waals surface area contributed by atoms with Crippen molar-refractivity contribution in [2.75, 3.05) is 13.2 Å². The second-order valence-corrected chi connectivity index (χ2v) is 6.47. The summed E-state index contributed by atoms with van der Waals surface area (Å²) in [5.41, 5.74) is 1.31. The van der Waals surface area contributed by atoms with Gasteiger partial charge in [0.15, 0.2) is 0 Å². The third-order valence-electron chi connectivity index (χ3n) is 4.79. The molecule has 0 saturated carbocycles. The largest absolute Gasteiger partial charge is 0.491 e. The molecule has 0 amide bonds. The van der Waals surface area contributed by atoms with Crippen LogP contribution in [0.3, 0.4) is 0 Å². The lowest BCUT2D eigenvalue weighted by atomic mass is 9.97. The predicted molar refractivity (Wildman–Crippen MR) is 85.9 cm³/mol. The van der Waals surface area contributed by atoms with Crippen LogP contribution in [0.4, 0.5) is 0 Å². The zero-order valence-corrected chi connectivity index (χ0v) is 13.6. The van der Waals surface area contributed by atoms with E-state index in [-0.39, 0.29) is 0 Å². The highest BCUT2D eigenvalue weighted by atomic mass is 16.5. The molecule has 1 saturated heterocycles. The Morgan fingerprint density at radius 2 is 1.81 bits per heavy atom. The van der Waals surface area contributed by atoms with Gasteiger partial charge in [0.2, 0.25) is 0 Å². The summed E-state index contributed by atoms with van der Waals surface area (Å²) >= 11 is 0. The van der Waals surface area contributed by atoms with Gasteiger partial charge < -0.3 is 14.7 Å². The lowest BCUT2D eigenvalue weighted by molar-refractivity contribution is -0.954. The van der Waals surface area contributed by atoms with Gasteiger partial charge in [-0.25, -0.2) is 0 Å². The number of rotatable bonds is 6. The van der Waals surface area contributed by atoms with Gasteiger partial charge in [0, 0.05) is 0 Å². The molecule has 1 aromatic rings. The first-order valence-electron chi connectivity index (χ1n) is 8.35. The number of nitrogens with one attached hydrogen (secondary N) is 1. The fourth-order valence-corrected chi connectivity index (χ4v) is 3.33. The quantitative estimate of drug-likeness (QED) is 0.839. The van der Waals surface area contributed by atoms with Gasteiger partial charge in [-0.3, -0.25) is 0 Å². The summed E-state index contributed by atoms with van der Waals surface area (Å²) in [6, 6.07) is 9.44. The Morgan fingerprint density at radius 1 is 1.19 bits per heavy atom. The van der Waals surface area contributed by atoms with Crippen LogP contribution in [0.5, 0.6) is 5.75 Å². The number of hydrogen-bond donors (Lipinski definition) is 2. The summed E-state index contributed by atoms with van der Waals surface area (Å²) in [7, 11) is 0. The maximum absolute atomic E-state index is 10.3. The minimum Gasteiger partial charge on any atom is -0.491 e. The molecule has 1 unspecified atom stereocenters. The molecule has 1 aromatic carbocycles. The van der Waals surface area contributed by atoms with Gasteiger partial charge >= 0.3 is 0 Å². The van der Waals surface area contributed by atoms with Crippen LogP contribution >= 0.6 is 0 Å². The van der Waals surface area contributed by atoms with Gasteiger partial charge in [-0.2, -0.15) is 0 Å². The van der Waals surface area contributed by atoms with Gasteiger partial charge in [-0.05, 0) is 57.2 Å². The summed E-state index contributed by atoms with van der Waals surface area (Å²) in [4.78, 5) is 1.53. The fraction of sp³-hybridized carbons (Fsp3) is 0.667. The van der Waals surface area contributed by atoms with Crippen molar-refractivity contribution in [3.63, 3.8) is 0 Å². The number of piperidine rings is 1. The third kappa shape index (κ3) is 4.72. The molecular formula is C18H30NO2+. The zero-order valence-electron chi connectivity index (χ0n) is 13.6. The van der Waals surface area contributed by atoms with Crippen molar-refractivity contribution >= 4 is 0 Å². The van der Waals surface area contributed by atoms with E-state index >= 15 is 0 Å². The van der Waals surface area contributed by atoms with Gasteiger partial charge in [0.1, 0.15) is 25.0 Å². The Morgan fingerprint density at radius 3 is 2.38 bits per heavy atom. The lowest BCUT2D eigenvalue weighted by Gasteiger charge is -2.36. The highest BCUT2D eigenvalue weighted by Crippen LogP contribution is 2.13. The summed E-state index contributed by atoms with van der Waals surface area (Å²) in [5, 5.41) is 10.3. The number of aryl methyl sites for hydroxylation is 1. The van der Waals surface area contributed by atoms with Crippen molar-refractivity contribution in [3.05, 3.63) is 29.8 Å². The van der Waals surface area contributed by atoms with Gasteiger partial charge in [-0.15, -0.1) is 0 Å². The topological polar surface area (TPSA) is 33.9 Å². The first-order valence-corrected chi connectivity index (χ1v) is 8.35. The van der Waals surface area contributed by atoms with Crippen LogP contribution in [0.25, 0.3) is 0 Å². The van der Waals surface area contributed by atoms with Crippen molar-refractivity contribution < 1.29 is 14.7 Å². The van der Waals surface area contributed by atoms with Crippen LogP contribution in [0.15, 0.2) is 24.3 Å². The highest BCUT2D eigenvalue weighted by molar-refractivity contribution is 5.27. The van der Waals surface area contributed by atoms with Crippen LogP contribution in [0.1, 0.15) is 45.6 Å². The van der Waals surface area contributed by atoms with Crippen molar-refractivity contribution in [1.29, 1.82) is 0 Å². The van der Waals surface area contributed by atoms with E-state index in [4.69, 9.17) is 4.74 Å². The van der Waals surface area contributed by atoms with Crippen molar-refractivity contribution in [1.82, 2.24) is 0 Å². The molecule has 3 nitrogen and oxygen atoms in total. The molecule has 1 heterocycles. The Bertz CT molecular complexity index is 408. The van der Waals surface area contributed by atoms with E-state index in [9.17, 15) is 5.11 Å². The van der Waals surface area contributed by atoms with Crippen LogP contribution in [0.2, 0.25) is 0 Å². The molecule has 0 spiro atoms. The van der Waals surface area contributed by atoms with E-state index in [0.717, 1.165) is 18.7 Å². The fourth-order valence-electron chi connectivity index (χ4n) is 3.33. The molecule has 1 fully saturated rings. The van der Waals surface area contributed by atoms with E-state index in [1.165, 1.54) is 29.7 Å². The minimum atomic E-state index is -0.395. The SMILES string of the molecule is CCc1ccc(OC[C@H](O)C[NH+]2[C@H](C)CCC[C@@H]2C)cc1. The number of aliphatic hydroxyl groups excluding tert-OH is 1. The van der Waals surface area contributed by atoms with E-state index in [1.807, 2.05) is 12.1 Å². The summed E-state index contributed by atoms with van der Waals surface area (Å²) < 4.78 is 5.72. The third-order valence-corrected chi connectivity index (χ3v) is 4.79. The smallest absolute Gasteiger partial charge is 0.137 e. The van der Waals surface area contributed by atoms with E-state index in [1.54, 1.807) is 0 Å². The molecule has 118 valence electrons. The molecule has 2 N–H and O–H groups in total. The normalized spacial score (nSPS) is 27.3. The van der Waals surface area contributed by atoms with Gasteiger partial charge in [-0.1, -0.05) is 19.1 Å². The van der Waals surface area contributed by atoms with E-state index in [0.29, 0.717) is 18.7 Å². The Kier molecular flexibility index (Phi) is 6.07. The van der Waals surface area contributed by atoms with Gasteiger partial charge in [0.05, 0.1) is 12.1 Å². The van der Waals surface area contributed by atoms with Crippen LogP contribution in [-0.4, -0.2) is 36.4 Å². The molecule has 2 rings (SSSR count). The number of aliphatic hydroxyl groups is 1. The van der Waals surface area contributed by atoms with Crippen molar-refractivity contribution in [3.8, 4) is 5.75 Å². The summed E-state index contributed by atoms with van der Waals surface area (Å²) in [6.45, 7) is 7.90. The lowest BCUT2D eigenvalue weighted by Crippen LogP contribution is -3.20. The predicted octanol–water partition coefficient (Wildman–Crippen LogP) is 1.83. The molecular weight excluding hydrogens is 262 g/mol. The van der Waals surface area contributed by atoms with E-state index < -0.39 is 6.10 Å². The monoisotopic (exact) mass is 292 g/mol. The number of benzene rings is 1. The van der Waals surface area contributed by atoms with E-state index in [2.05, 4.69) is 32.9 Å². The molecule has 0 aliphatic carbocycles. The number of ether oxygens (including phenoxy) is 1. The second-order valence-electron chi connectivity index (χ2n) is 6.47. The summed E-state index contributed by atoms with van der Waals surface area (Å²) in [5.74, 6) is 0.848. The number of hydrogen-bond acceptors (Lipinski definition) is 2. The zero-order chi connectivity index (χ0) is 15.2.